The van der Waals surface area contributed by atoms with Gasteiger partial charge in [-0.3, -0.25) is 9.58 Å². The second-order valence-electron chi connectivity index (χ2n) is 5.52. The molecule has 22 heavy (non-hydrogen) atoms. The van der Waals surface area contributed by atoms with Crippen molar-refractivity contribution >= 4 is 0 Å². The van der Waals surface area contributed by atoms with E-state index in [0.717, 1.165) is 58.0 Å². The van der Waals surface area contributed by atoms with Crippen LogP contribution in [0.25, 0.3) is 0 Å². The van der Waals surface area contributed by atoms with Crippen LogP contribution < -0.4 is 0 Å². The van der Waals surface area contributed by atoms with Gasteiger partial charge in [-0.1, -0.05) is 13.3 Å². The Morgan fingerprint density at radius 3 is 3.18 bits per heavy atom. The van der Waals surface area contributed by atoms with Gasteiger partial charge in [-0.25, -0.2) is 9.67 Å². The molecule has 0 unspecified atom stereocenters. The lowest BCUT2D eigenvalue weighted by Crippen LogP contribution is -2.44. The van der Waals surface area contributed by atoms with Crippen molar-refractivity contribution in [1.29, 1.82) is 0 Å². The molecule has 1 aliphatic heterocycles. The number of aryl methyl sites for hydroxylation is 1. The van der Waals surface area contributed by atoms with Gasteiger partial charge in [0.25, 0.3) is 0 Å². The molecule has 1 aliphatic rings. The second-order valence-corrected chi connectivity index (χ2v) is 5.52. The molecule has 0 radical (unpaired) electrons. The van der Waals surface area contributed by atoms with E-state index < -0.39 is 0 Å². The zero-order valence-electron chi connectivity index (χ0n) is 12.9. The van der Waals surface area contributed by atoms with Crippen molar-refractivity contribution in [1.82, 2.24) is 39.9 Å². The zero-order valence-corrected chi connectivity index (χ0v) is 12.9. The fourth-order valence-corrected chi connectivity index (χ4v) is 2.59. The Labute approximate surface area is 129 Å². The Bertz CT molecular complexity index is 554. The first-order chi connectivity index (χ1) is 10.8. The molecule has 9 nitrogen and oxygen atoms in total. The van der Waals surface area contributed by atoms with Gasteiger partial charge in [-0.2, -0.15) is 5.10 Å². The van der Waals surface area contributed by atoms with E-state index in [9.17, 15) is 0 Å². The first kappa shape index (κ1) is 15.0. The van der Waals surface area contributed by atoms with E-state index >= 15 is 0 Å². The predicted molar refractivity (Wildman–Crippen MR) is 77.8 cm³/mol. The van der Waals surface area contributed by atoms with Crippen LogP contribution in [0.15, 0.2) is 12.7 Å². The van der Waals surface area contributed by atoms with Gasteiger partial charge >= 0.3 is 0 Å². The molecular formula is C13H22N8O. The number of aromatic nitrogens is 7. The molecule has 120 valence electrons. The van der Waals surface area contributed by atoms with E-state index in [1.54, 1.807) is 17.3 Å². The van der Waals surface area contributed by atoms with E-state index in [2.05, 4.69) is 37.4 Å². The molecular weight excluding hydrogens is 284 g/mol. The number of unbranched alkanes of at least 4 members (excludes halogenated alkanes) is 1. The minimum atomic E-state index is 0.121. The standard InChI is InChI=1S/C13H22N8O/c1-2-3-4-21-13(16-17-18-21)9-19-5-6-22-12(7-19)8-20-11-14-10-15-20/h10-12H,2-9H2,1H3/t12-/m0/s1. The van der Waals surface area contributed by atoms with E-state index in [-0.39, 0.29) is 6.10 Å². The lowest BCUT2D eigenvalue weighted by molar-refractivity contribution is -0.0413. The topological polar surface area (TPSA) is 86.8 Å². The maximum absolute atomic E-state index is 5.81. The average Bonchev–Trinajstić information content (AvgIpc) is 3.18. The van der Waals surface area contributed by atoms with Crippen LogP contribution in [-0.4, -0.2) is 65.7 Å². The summed E-state index contributed by atoms with van der Waals surface area (Å²) in [4.78, 5) is 6.29. The van der Waals surface area contributed by atoms with E-state index in [1.165, 1.54) is 0 Å². The monoisotopic (exact) mass is 306 g/mol. The molecule has 2 aromatic heterocycles. The van der Waals surface area contributed by atoms with Crippen molar-refractivity contribution in [2.24, 2.45) is 0 Å². The third-order valence-corrected chi connectivity index (χ3v) is 3.77. The molecule has 1 atom stereocenters. The number of tetrazole rings is 1. The Kier molecular flexibility index (Phi) is 5.07. The van der Waals surface area contributed by atoms with Crippen molar-refractivity contribution in [3.05, 3.63) is 18.5 Å². The lowest BCUT2D eigenvalue weighted by Gasteiger charge is -2.32. The normalized spacial score (nSPS) is 19.6. The molecule has 0 amide bonds. The molecule has 0 aromatic carbocycles. The SMILES string of the molecule is CCCCn1nnnc1CN1CCO[C@H](Cn2cncn2)C1. The highest BCUT2D eigenvalue weighted by atomic mass is 16.5. The minimum absolute atomic E-state index is 0.121. The smallest absolute Gasteiger partial charge is 0.165 e. The van der Waals surface area contributed by atoms with Gasteiger partial charge in [0.1, 0.15) is 12.7 Å². The molecule has 0 bridgehead atoms. The van der Waals surface area contributed by atoms with E-state index in [4.69, 9.17) is 4.74 Å². The first-order valence-electron chi connectivity index (χ1n) is 7.76. The third-order valence-electron chi connectivity index (χ3n) is 3.77. The van der Waals surface area contributed by atoms with Gasteiger partial charge in [-0.05, 0) is 16.8 Å². The van der Waals surface area contributed by atoms with Crippen LogP contribution in [0, 0.1) is 0 Å². The molecule has 0 aliphatic carbocycles. The molecule has 0 spiro atoms. The van der Waals surface area contributed by atoms with E-state index in [1.807, 2.05) is 4.68 Å². The number of hydrogen-bond acceptors (Lipinski definition) is 7. The van der Waals surface area contributed by atoms with Crippen molar-refractivity contribution < 1.29 is 4.74 Å². The quantitative estimate of drug-likeness (QED) is 0.709. The highest BCUT2D eigenvalue weighted by Crippen LogP contribution is 2.10. The largest absolute Gasteiger partial charge is 0.374 e. The van der Waals surface area contributed by atoms with Gasteiger partial charge in [0.15, 0.2) is 5.82 Å². The second kappa shape index (κ2) is 7.41. The summed E-state index contributed by atoms with van der Waals surface area (Å²) in [6, 6.07) is 0. The molecule has 1 fully saturated rings. The average molecular weight is 306 g/mol. The molecule has 3 rings (SSSR count). The molecule has 9 heteroatoms. The number of nitrogens with zero attached hydrogens (tertiary/aromatic N) is 8. The summed E-state index contributed by atoms with van der Waals surface area (Å²) in [5.74, 6) is 0.926. The fraction of sp³-hybridized carbons (Fsp3) is 0.769. The molecule has 3 heterocycles. The molecule has 2 aromatic rings. The zero-order chi connectivity index (χ0) is 15.2. The molecule has 1 saturated heterocycles. The maximum atomic E-state index is 5.81. The Morgan fingerprint density at radius 1 is 1.41 bits per heavy atom. The Hall–Kier alpha value is -1.87. The first-order valence-corrected chi connectivity index (χ1v) is 7.76. The van der Waals surface area contributed by atoms with Crippen LogP contribution in [0.3, 0.4) is 0 Å². The Balaban J connectivity index is 1.55. The van der Waals surface area contributed by atoms with Gasteiger partial charge < -0.3 is 4.74 Å². The van der Waals surface area contributed by atoms with Crippen LogP contribution in [0.2, 0.25) is 0 Å². The number of hydrogen-bond donors (Lipinski definition) is 0. The third kappa shape index (κ3) is 3.86. The lowest BCUT2D eigenvalue weighted by atomic mass is 10.2. The van der Waals surface area contributed by atoms with Crippen LogP contribution in [0.1, 0.15) is 25.6 Å². The predicted octanol–water partition coefficient (Wildman–Crippen LogP) is -0.0343. The fourth-order valence-electron chi connectivity index (χ4n) is 2.59. The summed E-state index contributed by atoms with van der Waals surface area (Å²) in [6.45, 7) is 6.99. The van der Waals surface area contributed by atoms with Crippen molar-refractivity contribution in [3.8, 4) is 0 Å². The summed E-state index contributed by atoms with van der Waals surface area (Å²) in [7, 11) is 0. The van der Waals surface area contributed by atoms with Crippen LogP contribution >= 0.6 is 0 Å². The van der Waals surface area contributed by atoms with Crippen molar-refractivity contribution in [2.45, 2.75) is 45.5 Å². The molecule has 0 N–H and O–H groups in total. The maximum Gasteiger partial charge on any atom is 0.165 e. The summed E-state index contributed by atoms with van der Waals surface area (Å²) >= 11 is 0. The number of rotatable bonds is 7. The van der Waals surface area contributed by atoms with Crippen LogP contribution in [0.5, 0.6) is 0 Å². The summed E-state index contributed by atoms with van der Waals surface area (Å²) in [6.07, 6.45) is 5.61. The van der Waals surface area contributed by atoms with Crippen LogP contribution in [-0.2, 0) is 24.4 Å². The van der Waals surface area contributed by atoms with Gasteiger partial charge in [0.2, 0.25) is 0 Å². The van der Waals surface area contributed by atoms with Crippen molar-refractivity contribution in [2.75, 3.05) is 19.7 Å². The van der Waals surface area contributed by atoms with Crippen LogP contribution in [0.4, 0.5) is 0 Å². The Morgan fingerprint density at radius 2 is 2.36 bits per heavy atom. The highest BCUT2D eigenvalue weighted by molar-refractivity contribution is 4.83. The highest BCUT2D eigenvalue weighted by Gasteiger charge is 2.22. The summed E-state index contributed by atoms with van der Waals surface area (Å²) in [5.41, 5.74) is 0. The number of ether oxygens (including phenoxy) is 1. The van der Waals surface area contributed by atoms with Gasteiger partial charge in [-0.15, -0.1) is 5.10 Å². The van der Waals surface area contributed by atoms with Gasteiger partial charge in [0, 0.05) is 19.6 Å². The van der Waals surface area contributed by atoms with Crippen molar-refractivity contribution in [3.63, 3.8) is 0 Å². The van der Waals surface area contributed by atoms with Gasteiger partial charge in [0.05, 0.1) is 25.8 Å². The van der Waals surface area contributed by atoms with E-state index in [0.29, 0.717) is 0 Å². The summed E-state index contributed by atoms with van der Waals surface area (Å²) in [5, 5.41) is 16.2. The molecule has 0 saturated carbocycles. The summed E-state index contributed by atoms with van der Waals surface area (Å²) < 4.78 is 9.52. The minimum Gasteiger partial charge on any atom is -0.374 e. The number of morpholine rings is 1.